The minimum Gasteiger partial charge on any atom is -0.223 e. The maximum Gasteiger partial charge on any atom is 0.243 e. The Morgan fingerprint density at radius 1 is 0.929 bits per heavy atom. The lowest BCUT2D eigenvalue weighted by Crippen LogP contribution is -2.33. The van der Waals surface area contributed by atoms with Crippen LogP contribution in [0.3, 0.4) is 0 Å². The second kappa shape index (κ2) is 7.44. The number of halogens is 1. The van der Waals surface area contributed by atoms with Gasteiger partial charge < -0.3 is 0 Å². The van der Waals surface area contributed by atoms with Crippen LogP contribution in [0, 0.1) is 27.7 Å². The summed E-state index contributed by atoms with van der Waals surface area (Å²) in [6.07, 6.45) is 0.271. The van der Waals surface area contributed by atoms with Crippen LogP contribution in [0.25, 0.3) is 0 Å². The second-order valence-electron chi connectivity index (χ2n) is 7.36. The second-order valence-corrected chi connectivity index (χ2v) is 11.9. The minimum atomic E-state index is -3.78. The van der Waals surface area contributed by atoms with E-state index >= 15 is 0 Å². The summed E-state index contributed by atoms with van der Waals surface area (Å²) in [6, 6.07) is 7.96. The minimum absolute atomic E-state index is 0.0425. The fraction of sp³-hybridized carbons (Fsp3) is 0.400. The van der Waals surface area contributed by atoms with Crippen LogP contribution in [0.5, 0.6) is 0 Å². The average molecular weight is 442 g/mol. The summed E-state index contributed by atoms with van der Waals surface area (Å²) in [4.78, 5) is 0.467. The van der Waals surface area contributed by atoms with Crippen molar-refractivity contribution in [3.63, 3.8) is 0 Å². The number of sulfonamides is 1. The lowest BCUT2D eigenvalue weighted by Gasteiger charge is -2.22. The highest BCUT2D eigenvalue weighted by Gasteiger charge is 2.40. The van der Waals surface area contributed by atoms with Gasteiger partial charge in [0.25, 0.3) is 0 Å². The molecule has 0 aliphatic carbocycles. The van der Waals surface area contributed by atoms with Crippen LogP contribution in [0.2, 0.25) is 5.02 Å². The zero-order chi connectivity index (χ0) is 20.9. The van der Waals surface area contributed by atoms with Gasteiger partial charge in [-0.25, -0.2) is 16.8 Å². The number of benzene rings is 2. The molecular weight excluding hydrogens is 418 g/mol. The Balaban J connectivity index is 1.95. The fourth-order valence-electron chi connectivity index (χ4n) is 3.68. The Morgan fingerprint density at radius 2 is 1.46 bits per heavy atom. The van der Waals surface area contributed by atoms with Crippen LogP contribution in [-0.2, 0) is 19.9 Å². The third-order valence-electron chi connectivity index (χ3n) is 5.58. The van der Waals surface area contributed by atoms with Gasteiger partial charge in [-0.05, 0) is 80.6 Å². The largest absolute Gasteiger partial charge is 0.243 e. The predicted molar refractivity (Wildman–Crippen MR) is 111 cm³/mol. The third-order valence-corrected chi connectivity index (χ3v) is 10.2. The highest BCUT2D eigenvalue weighted by Crippen LogP contribution is 2.33. The van der Waals surface area contributed by atoms with Crippen molar-refractivity contribution in [3.05, 3.63) is 57.6 Å². The number of hydrogen-bond acceptors (Lipinski definition) is 4. The van der Waals surface area contributed by atoms with Gasteiger partial charge in [0.05, 0.1) is 15.0 Å². The number of hydrogen-bond donors (Lipinski definition) is 0. The van der Waals surface area contributed by atoms with Crippen molar-refractivity contribution >= 4 is 31.5 Å². The molecule has 1 saturated heterocycles. The molecule has 0 aromatic heterocycles. The van der Waals surface area contributed by atoms with Gasteiger partial charge >= 0.3 is 0 Å². The zero-order valence-electron chi connectivity index (χ0n) is 16.4. The van der Waals surface area contributed by atoms with Gasteiger partial charge in [0, 0.05) is 18.1 Å². The molecule has 0 unspecified atom stereocenters. The summed E-state index contributed by atoms with van der Waals surface area (Å²) in [6.45, 7) is 7.52. The molecule has 1 fully saturated rings. The normalized spacial score (nSPS) is 18.5. The van der Waals surface area contributed by atoms with Crippen molar-refractivity contribution in [2.45, 2.75) is 49.2 Å². The Bertz CT molecular complexity index is 1100. The van der Waals surface area contributed by atoms with Gasteiger partial charge in [-0.2, -0.15) is 4.31 Å². The van der Waals surface area contributed by atoms with Crippen molar-refractivity contribution in [1.29, 1.82) is 0 Å². The lowest BCUT2D eigenvalue weighted by atomic mass is 10.0. The van der Waals surface area contributed by atoms with E-state index in [0.717, 1.165) is 11.1 Å². The number of aryl methyl sites for hydroxylation is 2. The molecule has 3 rings (SSSR count). The molecule has 0 radical (unpaired) electrons. The molecule has 28 heavy (non-hydrogen) atoms. The average Bonchev–Trinajstić information content (AvgIpc) is 3.12. The molecule has 1 aliphatic rings. The molecule has 8 heteroatoms. The third kappa shape index (κ3) is 3.61. The maximum atomic E-state index is 13.3. The van der Waals surface area contributed by atoms with Crippen LogP contribution >= 0.6 is 11.6 Å². The van der Waals surface area contributed by atoms with E-state index in [1.165, 1.54) is 28.6 Å². The summed E-state index contributed by atoms with van der Waals surface area (Å²) >= 11 is 5.85. The Labute approximate surface area is 172 Å². The Kier molecular flexibility index (Phi) is 5.66. The maximum absolute atomic E-state index is 13.3. The van der Waals surface area contributed by atoms with Crippen molar-refractivity contribution in [2.75, 3.05) is 13.1 Å². The molecule has 1 aliphatic heterocycles. The van der Waals surface area contributed by atoms with E-state index in [2.05, 4.69) is 0 Å². The molecule has 0 spiro atoms. The smallest absolute Gasteiger partial charge is 0.223 e. The molecule has 0 bridgehead atoms. The van der Waals surface area contributed by atoms with Crippen LogP contribution in [0.4, 0.5) is 0 Å². The van der Waals surface area contributed by atoms with Crippen LogP contribution in [0.15, 0.2) is 40.1 Å². The van der Waals surface area contributed by atoms with Crippen molar-refractivity contribution in [2.24, 2.45) is 0 Å². The molecule has 152 valence electrons. The molecule has 5 nitrogen and oxygen atoms in total. The Morgan fingerprint density at radius 3 is 2.00 bits per heavy atom. The quantitative estimate of drug-likeness (QED) is 0.723. The van der Waals surface area contributed by atoms with Gasteiger partial charge in [0.15, 0.2) is 9.84 Å². The zero-order valence-corrected chi connectivity index (χ0v) is 18.7. The summed E-state index contributed by atoms with van der Waals surface area (Å²) in [5, 5.41) is -0.315. The molecule has 0 saturated carbocycles. The standard InChI is InChI=1S/C20H24ClNO4S2/c1-13-11-14(2)16(4)20(15(13)3)28(25,26)22-10-9-19(12-22)27(23,24)18-7-5-17(21)6-8-18/h5-8,11,19H,9-10,12H2,1-4H3/t19-/m0/s1. The van der Waals surface area contributed by atoms with E-state index in [-0.39, 0.29) is 24.4 Å². The number of nitrogens with zero attached hydrogens (tertiary/aromatic N) is 1. The van der Waals surface area contributed by atoms with Gasteiger partial charge in [-0.1, -0.05) is 17.7 Å². The van der Waals surface area contributed by atoms with Crippen LogP contribution in [-0.4, -0.2) is 39.5 Å². The predicted octanol–water partition coefficient (Wildman–Crippen LogP) is 3.81. The summed E-state index contributed by atoms with van der Waals surface area (Å²) in [5.74, 6) is 0. The molecule has 0 N–H and O–H groups in total. The molecular formula is C20H24ClNO4S2. The van der Waals surface area contributed by atoms with E-state index in [4.69, 9.17) is 11.6 Å². The fourth-order valence-corrected chi connectivity index (χ4v) is 7.67. The van der Waals surface area contributed by atoms with Gasteiger partial charge in [0.2, 0.25) is 10.0 Å². The molecule has 2 aromatic carbocycles. The van der Waals surface area contributed by atoms with Crippen LogP contribution in [0.1, 0.15) is 28.7 Å². The van der Waals surface area contributed by atoms with E-state index < -0.39 is 25.1 Å². The molecule has 2 aromatic rings. The summed E-state index contributed by atoms with van der Waals surface area (Å²) < 4.78 is 53.9. The molecule has 1 atom stereocenters. The van der Waals surface area contributed by atoms with Crippen molar-refractivity contribution < 1.29 is 16.8 Å². The highest BCUT2D eigenvalue weighted by atomic mass is 35.5. The monoisotopic (exact) mass is 441 g/mol. The van der Waals surface area contributed by atoms with Crippen LogP contribution < -0.4 is 0 Å². The lowest BCUT2D eigenvalue weighted by molar-refractivity contribution is 0.475. The number of rotatable bonds is 4. The SMILES string of the molecule is Cc1cc(C)c(C)c(S(=O)(=O)N2CC[C@H](S(=O)(=O)c3ccc(Cl)cc3)C2)c1C. The molecule has 0 amide bonds. The Hall–Kier alpha value is -1.41. The highest BCUT2D eigenvalue weighted by molar-refractivity contribution is 7.92. The van der Waals surface area contributed by atoms with Gasteiger partial charge in [-0.15, -0.1) is 0 Å². The number of sulfone groups is 1. The van der Waals surface area contributed by atoms with Gasteiger partial charge in [-0.3, -0.25) is 0 Å². The van der Waals surface area contributed by atoms with Crippen molar-refractivity contribution in [1.82, 2.24) is 4.31 Å². The van der Waals surface area contributed by atoms with E-state index in [1.54, 1.807) is 13.8 Å². The summed E-state index contributed by atoms with van der Waals surface area (Å²) in [5.41, 5.74) is 3.25. The molecule has 1 heterocycles. The first-order valence-electron chi connectivity index (χ1n) is 9.03. The first kappa shape index (κ1) is 21.3. The van der Waals surface area contributed by atoms with Gasteiger partial charge in [0.1, 0.15) is 0 Å². The van der Waals surface area contributed by atoms with E-state index in [0.29, 0.717) is 21.0 Å². The topological polar surface area (TPSA) is 71.5 Å². The van der Waals surface area contributed by atoms with E-state index in [1.807, 2.05) is 19.9 Å². The van der Waals surface area contributed by atoms with Crippen molar-refractivity contribution in [3.8, 4) is 0 Å². The first-order chi connectivity index (χ1) is 13.0. The first-order valence-corrected chi connectivity index (χ1v) is 12.4. The summed E-state index contributed by atoms with van der Waals surface area (Å²) in [7, 11) is -7.41. The van der Waals surface area contributed by atoms with E-state index in [9.17, 15) is 16.8 Å².